The Morgan fingerprint density at radius 1 is 1.44 bits per heavy atom. The highest BCUT2D eigenvalue weighted by atomic mass is 32.1. The van der Waals surface area contributed by atoms with Crippen molar-refractivity contribution in [3.8, 4) is 0 Å². The van der Waals surface area contributed by atoms with Crippen LogP contribution in [-0.4, -0.2) is 47.0 Å². The lowest BCUT2D eigenvalue weighted by molar-refractivity contribution is -0.134. The minimum atomic E-state index is -0.512. The predicted octanol–water partition coefficient (Wildman–Crippen LogP) is 1.22. The number of likely N-dealkylation sites (tertiary alicyclic amines) is 1. The monoisotopic (exact) mass is 266 g/mol. The number of nitrogens with zero attached hydrogens (tertiary/aromatic N) is 2. The van der Waals surface area contributed by atoms with E-state index in [1.807, 2.05) is 11.4 Å². The van der Waals surface area contributed by atoms with Gasteiger partial charge >= 0.3 is 0 Å². The summed E-state index contributed by atoms with van der Waals surface area (Å²) in [6, 6.07) is 1.97. The minimum absolute atomic E-state index is 0.148. The maximum Gasteiger partial charge on any atom is 0.237 e. The van der Waals surface area contributed by atoms with E-state index in [-0.39, 0.29) is 5.91 Å². The minimum Gasteiger partial charge on any atom is -0.387 e. The van der Waals surface area contributed by atoms with Crippen molar-refractivity contribution in [1.29, 1.82) is 0 Å². The van der Waals surface area contributed by atoms with Crippen LogP contribution in [0, 0.1) is 0 Å². The zero-order chi connectivity index (χ0) is 12.5. The quantitative estimate of drug-likeness (QED) is 0.875. The van der Waals surface area contributed by atoms with Crippen molar-refractivity contribution in [3.05, 3.63) is 21.9 Å². The van der Waals surface area contributed by atoms with Crippen LogP contribution in [0.2, 0.25) is 0 Å². The molecule has 1 aromatic rings. The molecule has 0 bridgehead atoms. The number of hydrogen-bond donors (Lipinski definition) is 1. The van der Waals surface area contributed by atoms with Crippen LogP contribution < -0.4 is 0 Å². The molecule has 3 rings (SSSR count). The van der Waals surface area contributed by atoms with Crippen molar-refractivity contribution in [2.45, 2.75) is 25.5 Å². The molecular formula is C13H18N2O2S. The first-order chi connectivity index (χ1) is 8.74. The molecule has 0 aliphatic carbocycles. The Morgan fingerprint density at radius 3 is 3.00 bits per heavy atom. The van der Waals surface area contributed by atoms with E-state index in [1.54, 1.807) is 16.2 Å². The molecule has 0 radical (unpaired) electrons. The number of carbonyl (C=O) groups excluding carboxylic acids is 1. The first-order valence-electron chi connectivity index (χ1n) is 6.48. The highest BCUT2D eigenvalue weighted by Gasteiger charge is 2.28. The molecule has 1 aromatic heterocycles. The van der Waals surface area contributed by atoms with Gasteiger partial charge in [0, 0.05) is 4.88 Å². The number of hydrogen-bond acceptors (Lipinski definition) is 4. The summed E-state index contributed by atoms with van der Waals surface area (Å²) in [5.74, 6) is 0.148. The summed E-state index contributed by atoms with van der Waals surface area (Å²) in [5.41, 5.74) is 1.00. The molecule has 1 saturated heterocycles. The van der Waals surface area contributed by atoms with Crippen molar-refractivity contribution in [3.63, 3.8) is 0 Å². The molecule has 1 N–H and O–H groups in total. The van der Waals surface area contributed by atoms with Crippen molar-refractivity contribution in [2.75, 3.05) is 26.2 Å². The van der Waals surface area contributed by atoms with Gasteiger partial charge in [-0.05, 0) is 42.9 Å². The smallest absolute Gasteiger partial charge is 0.237 e. The lowest BCUT2D eigenvalue weighted by Crippen LogP contribution is -2.42. The summed E-state index contributed by atoms with van der Waals surface area (Å²) in [6.45, 7) is 3.68. The van der Waals surface area contributed by atoms with Gasteiger partial charge in [0.2, 0.25) is 5.91 Å². The third kappa shape index (κ3) is 2.30. The predicted molar refractivity (Wildman–Crippen MR) is 70.4 cm³/mol. The van der Waals surface area contributed by atoms with Crippen LogP contribution in [0.5, 0.6) is 0 Å². The van der Waals surface area contributed by atoms with Gasteiger partial charge in [0.15, 0.2) is 0 Å². The normalized spacial score (nSPS) is 24.3. The maximum absolute atomic E-state index is 12.2. The second-order valence-corrected chi connectivity index (χ2v) is 6.07. The Hall–Kier alpha value is -0.910. The van der Waals surface area contributed by atoms with Crippen LogP contribution in [-0.2, 0) is 11.3 Å². The first kappa shape index (κ1) is 12.1. The molecule has 1 amide bonds. The Labute approximate surface area is 111 Å². The van der Waals surface area contributed by atoms with Crippen molar-refractivity contribution in [1.82, 2.24) is 9.80 Å². The van der Waals surface area contributed by atoms with Gasteiger partial charge < -0.3 is 10.0 Å². The molecule has 98 valence electrons. The number of aliphatic hydroxyl groups excluding tert-OH is 1. The average Bonchev–Trinajstić information content (AvgIpc) is 2.98. The molecule has 1 unspecified atom stereocenters. The molecule has 3 heterocycles. The highest BCUT2D eigenvalue weighted by Crippen LogP contribution is 2.30. The van der Waals surface area contributed by atoms with E-state index in [0.717, 1.165) is 23.5 Å². The van der Waals surface area contributed by atoms with E-state index in [2.05, 4.69) is 4.90 Å². The molecule has 1 fully saturated rings. The number of thiophene rings is 1. The van der Waals surface area contributed by atoms with Crippen LogP contribution in [0.25, 0.3) is 0 Å². The van der Waals surface area contributed by atoms with Crippen molar-refractivity contribution < 1.29 is 9.90 Å². The van der Waals surface area contributed by atoms with E-state index in [0.29, 0.717) is 19.6 Å². The summed E-state index contributed by atoms with van der Waals surface area (Å²) >= 11 is 1.63. The van der Waals surface area contributed by atoms with Crippen LogP contribution in [0.15, 0.2) is 11.4 Å². The van der Waals surface area contributed by atoms with E-state index in [4.69, 9.17) is 0 Å². The van der Waals surface area contributed by atoms with Gasteiger partial charge in [0.05, 0.1) is 25.7 Å². The van der Waals surface area contributed by atoms with E-state index >= 15 is 0 Å². The molecule has 18 heavy (non-hydrogen) atoms. The lowest BCUT2D eigenvalue weighted by Gasteiger charge is -2.31. The van der Waals surface area contributed by atoms with Gasteiger partial charge in [0.1, 0.15) is 0 Å². The molecule has 0 spiro atoms. The summed E-state index contributed by atoms with van der Waals surface area (Å²) in [5, 5.41) is 12.0. The molecular weight excluding hydrogens is 248 g/mol. The van der Waals surface area contributed by atoms with Gasteiger partial charge in [0.25, 0.3) is 0 Å². The van der Waals surface area contributed by atoms with Gasteiger partial charge in [-0.25, -0.2) is 0 Å². The number of β-amino-alcohol motifs (C(OH)–C–C–N with tert-alkyl or cyclic N) is 1. The molecule has 0 saturated carbocycles. The van der Waals surface area contributed by atoms with Crippen LogP contribution >= 0.6 is 11.3 Å². The Morgan fingerprint density at radius 2 is 2.22 bits per heavy atom. The summed E-state index contributed by atoms with van der Waals surface area (Å²) < 4.78 is 0. The topological polar surface area (TPSA) is 43.8 Å². The van der Waals surface area contributed by atoms with E-state index < -0.39 is 6.10 Å². The first-order valence-corrected chi connectivity index (χ1v) is 7.36. The van der Waals surface area contributed by atoms with Gasteiger partial charge in [-0.15, -0.1) is 11.3 Å². The number of rotatable bonds is 2. The fraction of sp³-hybridized carbons (Fsp3) is 0.615. The summed E-state index contributed by atoms with van der Waals surface area (Å²) in [7, 11) is 0. The third-order valence-corrected chi connectivity index (χ3v) is 4.70. The number of carbonyl (C=O) groups is 1. The van der Waals surface area contributed by atoms with Gasteiger partial charge in [-0.1, -0.05) is 0 Å². The van der Waals surface area contributed by atoms with Crippen molar-refractivity contribution in [2.24, 2.45) is 0 Å². The van der Waals surface area contributed by atoms with E-state index in [1.165, 1.54) is 12.8 Å². The zero-order valence-electron chi connectivity index (χ0n) is 10.3. The Balaban J connectivity index is 1.65. The molecule has 2 aliphatic heterocycles. The third-order valence-electron chi connectivity index (χ3n) is 3.78. The van der Waals surface area contributed by atoms with Crippen molar-refractivity contribution >= 4 is 17.2 Å². The highest BCUT2D eigenvalue weighted by molar-refractivity contribution is 7.10. The average molecular weight is 266 g/mol. The Kier molecular flexibility index (Phi) is 3.37. The molecule has 2 aliphatic rings. The number of fused-ring (bicyclic) bond motifs is 1. The summed E-state index contributed by atoms with van der Waals surface area (Å²) in [6.07, 6.45) is 1.89. The molecule has 0 aromatic carbocycles. The van der Waals surface area contributed by atoms with Crippen LogP contribution in [0.4, 0.5) is 0 Å². The fourth-order valence-corrected chi connectivity index (χ4v) is 3.69. The van der Waals surface area contributed by atoms with Crippen LogP contribution in [0.3, 0.4) is 0 Å². The summed E-state index contributed by atoms with van der Waals surface area (Å²) in [4.78, 5) is 17.3. The van der Waals surface area contributed by atoms with Gasteiger partial charge in [-0.3, -0.25) is 9.69 Å². The Bertz CT molecular complexity index is 440. The standard InChI is InChI=1S/C13H18N2O2S/c16-11-7-15(8-12-10(11)3-6-18-12)13(17)9-14-4-1-2-5-14/h3,6,11,16H,1-2,4-5,7-9H2. The molecule has 4 nitrogen and oxygen atoms in total. The molecule has 1 atom stereocenters. The molecule has 5 heteroatoms. The fourth-order valence-electron chi connectivity index (χ4n) is 2.74. The van der Waals surface area contributed by atoms with E-state index in [9.17, 15) is 9.90 Å². The van der Waals surface area contributed by atoms with Gasteiger partial charge in [-0.2, -0.15) is 0 Å². The number of amides is 1. The zero-order valence-corrected chi connectivity index (χ0v) is 11.2. The van der Waals surface area contributed by atoms with Crippen LogP contribution in [0.1, 0.15) is 29.4 Å². The number of aliphatic hydroxyl groups is 1. The lowest BCUT2D eigenvalue weighted by atomic mass is 10.1. The second-order valence-electron chi connectivity index (χ2n) is 5.07. The second kappa shape index (κ2) is 4.99. The largest absolute Gasteiger partial charge is 0.387 e. The SMILES string of the molecule is O=C(CN1CCCC1)N1Cc2sccc2C(O)C1. The maximum atomic E-state index is 12.2.